The topological polar surface area (TPSA) is 117 Å². The van der Waals surface area contributed by atoms with Gasteiger partial charge in [0.15, 0.2) is 5.82 Å². The van der Waals surface area contributed by atoms with Crippen molar-refractivity contribution < 1.29 is 4.74 Å². The first kappa shape index (κ1) is 17.9. The second kappa shape index (κ2) is 7.02. The Labute approximate surface area is 174 Å². The molecule has 0 saturated heterocycles. The van der Waals surface area contributed by atoms with E-state index in [1.807, 2.05) is 18.2 Å². The van der Waals surface area contributed by atoms with Gasteiger partial charge in [-0.15, -0.1) is 5.10 Å². The molecule has 9 nitrogen and oxygen atoms in total. The molecule has 0 amide bonds. The highest BCUT2D eigenvalue weighted by Gasteiger charge is 2.18. The number of nitrogens with one attached hydrogen (secondary N) is 2. The first-order valence-corrected chi connectivity index (χ1v) is 9.27. The number of rotatable bonds is 4. The predicted octanol–water partition coefficient (Wildman–Crippen LogP) is 4.30. The molecule has 5 aromatic rings. The van der Waals surface area contributed by atoms with E-state index in [1.165, 1.54) is 0 Å². The molecule has 4 aromatic heterocycles. The quantitative estimate of drug-likeness (QED) is 0.448. The molecule has 0 spiro atoms. The lowest BCUT2D eigenvalue weighted by molar-refractivity contribution is 0.440. The van der Waals surface area contributed by atoms with Crippen molar-refractivity contribution >= 4 is 45.0 Å². The first-order chi connectivity index (χ1) is 14.6. The number of aromatic nitrogens is 6. The number of nitriles is 1. The Balaban J connectivity index is 1.55. The van der Waals surface area contributed by atoms with Crippen molar-refractivity contribution in [1.29, 1.82) is 5.26 Å². The molecule has 4 heterocycles. The number of aromatic amines is 1. The zero-order chi connectivity index (χ0) is 20.7. The van der Waals surface area contributed by atoms with Gasteiger partial charge in [0.1, 0.15) is 17.1 Å². The summed E-state index contributed by atoms with van der Waals surface area (Å²) in [7, 11) is 1.78. The van der Waals surface area contributed by atoms with Gasteiger partial charge in [-0.2, -0.15) is 10.4 Å². The maximum atomic E-state index is 9.26. The minimum Gasteiger partial charge on any atom is -0.417 e. The summed E-state index contributed by atoms with van der Waals surface area (Å²) in [6, 6.07) is 12.7. The monoisotopic (exact) mass is 416 g/mol. The summed E-state index contributed by atoms with van der Waals surface area (Å²) in [4.78, 5) is 8.47. The molecular formula is C20H13ClN8O. The van der Waals surface area contributed by atoms with Crippen molar-refractivity contribution in [3.05, 3.63) is 59.4 Å². The molecule has 0 fully saturated rings. The molecule has 0 bridgehead atoms. The fourth-order valence-corrected chi connectivity index (χ4v) is 3.46. The molecule has 2 N–H and O–H groups in total. The van der Waals surface area contributed by atoms with Crippen LogP contribution in [0.3, 0.4) is 0 Å². The van der Waals surface area contributed by atoms with Crippen LogP contribution in [0.25, 0.3) is 21.9 Å². The molecule has 0 aliphatic heterocycles. The number of nitrogens with zero attached hydrogens (tertiary/aromatic N) is 6. The Morgan fingerprint density at radius 1 is 1.17 bits per heavy atom. The van der Waals surface area contributed by atoms with Gasteiger partial charge in [-0.1, -0.05) is 11.6 Å². The van der Waals surface area contributed by atoms with Gasteiger partial charge >= 0.3 is 0 Å². The lowest BCUT2D eigenvalue weighted by atomic mass is 10.2. The number of hydrogen-bond donors (Lipinski definition) is 2. The van der Waals surface area contributed by atoms with Crippen LogP contribution in [0.15, 0.2) is 48.8 Å². The highest BCUT2D eigenvalue weighted by molar-refractivity contribution is 6.36. The van der Waals surface area contributed by atoms with E-state index in [4.69, 9.17) is 16.3 Å². The summed E-state index contributed by atoms with van der Waals surface area (Å²) in [5.74, 6) is 1.03. The minimum absolute atomic E-state index is 0.173. The Morgan fingerprint density at radius 2 is 2.00 bits per heavy atom. The number of benzene rings is 1. The van der Waals surface area contributed by atoms with Crippen LogP contribution in [-0.4, -0.2) is 29.9 Å². The second-order valence-electron chi connectivity index (χ2n) is 6.45. The van der Waals surface area contributed by atoms with Crippen molar-refractivity contribution in [2.24, 2.45) is 7.05 Å². The van der Waals surface area contributed by atoms with Gasteiger partial charge in [0.25, 0.3) is 0 Å². The van der Waals surface area contributed by atoms with E-state index in [1.54, 1.807) is 42.3 Å². The van der Waals surface area contributed by atoms with E-state index >= 15 is 0 Å². The van der Waals surface area contributed by atoms with Crippen LogP contribution in [0.1, 0.15) is 5.56 Å². The zero-order valence-electron chi connectivity index (χ0n) is 15.6. The minimum atomic E-state index is 0.173. The van der Waals surface area contributed by atoms with E-state index < -0.39 is 0 Å². The largest absolute Gasteiger partial charge is 0.417 e. The molecule has 5 rings (SSSR count). The van der Waals surface area contributed by atoms with Gasteiger partial charge in [0, 0.05) is 25.1 Å². The Hall–Kier alpha value is -4.16. The van der Waals surface area contributed by atoms with Crippen LogP contribution < -0.4 is 10.1 Å². The normalized spacial score (nSPS) is 11.0. The highest BCUT2D eigenvalue weighted by atomic mass is 35.5. The Morgan fingerprint density at radius 3 is 2.87 bits per heavy atom. The number of hydrogen-bond acceptors (Lipinski definition) is 7. The molecule has 30 heavy (non-hydrogen) atoms. The summed E-state index contributed by atoms with van der Waals surface area (Å²) in [6.45, 7) is 0. The number of fused-ring (bicyclic) bond motifs is 2. The molecule has 146 valence electrons. The molecule has 0 atom stereocenters. The number of anilines is 2. The number of aryl methyl sites for hydroxylation is 1. The Kier molecular flexibility index (Phi) is 4.19. The summed E-state index contributed by atoms with van der Waals surface area (Å²) in [5.41, 5.74) is 3.32. The van der Waals surface area contributed by atoms with Crippen molar-refractivity contribution in [2.45, 2.75) is 0 Å². The van der Waals surface area contributed by atoms with E-state index in [9.17, 15) is 5.26 Å². The van der Waals surface area contributed by atoms with Crippen LogP contribution in [-0.2, 0) is 7.05 Å². The maximum absolute atomic E-state index is 9.26. The lowest BCUT2D eigenvalue weighted by Gasteiger charge is -2.07. The average molecular weight is 417 g/mol. The second-order valence-corrected chi connectivity index (χ2v) is 6.85. The van der Waals surface area contributed by atoms with Gasteiger partial charge in [-0.3, -0.25) is 14.8 Å². The van der Waals surface area contributed by atoms with Crippen LogP contribution in [0.4, 0.5) is 11.5 Å². The van der Waals surface area contributed by atoms with Crippen molar-refractivity contribution in [2.75, 3.05) is 5.32 Å². The molecule has 1 aromatic carbocycles. The average Bonchev–Trinajstić information content (AvgIpc) is 3.30. The standard InChI is InChI=1S/C20H13ClN8O/c1-29-15-9-12(25-18-17-14(26-27-18)5-3-6-23-17)8-13(21)16(15)20(28-29)30-19-11(10-22)4-2-7-24-19/h2-9H,1H3,(H2,25,26,27). The molecular weight excluding hydrogens is 404 g/mol. The van der Waals surface area contributed by atoms with Crippen LogP contribution in [0.2, 0.25) is 5.02 Å². The van der Waals surface area contributed by atoms with Gasteiger partial charge < -0.3 is 10.1 Å². The number of ether oxygens (including phenoxy) is 1. The van der Waals surface area contributed by atoms with Crippen molar-refractivity contribution in [1.82, 2.24) is 29.9 Å². The van der Waals surface area contributed by atoms with Gasteiger partial charge in [-0.05, 0) is 36.4 Å². The summed E-state index contributed by atoms with van der Waals surface area (Å²) in [6.07, 6.45) is 3.25. The Bertz CT molecular complexity index is 1450. The molecule has 10 heteroatoms. The summed E-state index contributed by atoms with van der Waals surface area (Å²) in [5, 5.41) is 25.2. The van der Waals surface area contributed by atoms with E-state index in [-0.39, 0.29) is 11.8 Å². The van der Waals surface area contributed by atoms with Gasteiger partial charge in [0.05, 0.1) is 21.4 Å². The van der Waals surface area contributed by atoms with Crippen molar-refractivity contribution in [3.8, 4) is 17.8 Å². The van der Waals surface area contributed by atoms with Crippen molar-refractivity contribution in [3.63, 3.8) is 0 Å². The van der Waals surface area contributed by atoms with E-state index in [0.29, 0.717) is 21.8 Å². The van der Waals surface area contributed by atoms with Gasteiger partial charge in [0.2, 0.25) is 11.8 Å². The van der Waals surface area contributed by atoms with Crippen LogP contribution in [0.5, 0.6) is 11.8 Å². The maximum Gasteiger partial charge on any atom is 0.249 e. The summed E-state index contributed by atoms with van der Waals surface area (Å²) >= 11 is 6.58. The van der Waals surface area contributed by atoms with Crippen LogP contribution in [0, 0.1) is 11.3 Å². The van der Waals surface area contributed by atoms with E-state index in [2.05, 4.69) is 36.7 Å². The molecule has 0 aliphatic carbocycles. The number of H-pyrrole nitrogens is 1. The zero-order valence-corrected chi connectivity index (χ0v) is 16.3. The smallest absolute Gasteiger partial charge is 0.249 e. The SMILES string of the molecule is Cn1nc(Oc2ncccc2C#N)c2c(Cl)cc(Nc3n[nH]c4cccnc34)cc21. The molecule has 0 saturated carbocycles. The first-order valence-electron chi connectivity index (χ1n) is 8.89. The molecule has 0 unspecified atom stereocenters. The molecule has 0 aliphatic rings. The third-order valence-electron chi connectivity index (χ3n) is 4.54. The van der Waals surface area contributed by atoms with Gasteiger partial charge in [-0.25, -0.2) is 4.98 Å². The lowest BCUT2D eigenvalue weighted by Crippen LogP contribution is -1.94. The number of pyridine rings is 2. The molecule has 0 radical (unpaired) electrons. The van der Waals surface area contributed by atoms with E-state index in [0.717, 1.165) is 22.2 Å². The number of halogens is 1. The van der Waals surface area contributed by atoms with Crippen LogP contribution >= 0.6 is 11.6 Å². The summed E-state index contributed by atoms with van der Waals surface area (Å²) < 4.78 is 7.47. The third-order valence-corrected chi connectivity index (χ3v) is 4.84. The fourth-order valence-electron chi connectivity index (χ4n) is 3.17. The highest BCUT2D eigenvalue weighted by Crippen LogP contribution is 2.37. The fraction of sp³-hybridized carbons (Fsp3) is 0.0500. The predicted molar refractivity (Wildman–Crippen MR) is 112 cm³/mol. The third kappa shape index (κ3) is 2.96.